The number of rotatable bonds is 5. The molecule has 0 aromatic rings. The Bertz CT molecular complexity index is 242. The summed E-state index contributed by atoms with van der Waals surface area (Å²) >= 11 is 0. The molecule has 1 atom stereocenters. The normalized spacial score (nSPS) is 14.2. The molecule has 0 fully saturated rings. The SMILES string of the molecule is CCCC(CS(C)(=O)=O)C(=O)O. The summed E-state index contributed by atoms with van der Waals surface area (Å²) in [6.07, 6.45) is 2.16. The maximum atomic E-state index is 10.8. The van der Waals surface area contributed by atoms with Crippen LogP contribution < -0.4 is 0 Å². The van der Waals surface area contributed by atoms with E-state index in [4.69, 9.17) is 5.11 Å². The monoisotopic (exact) mass is 194 g/mol. The van der Waals surface area contributed by atoms with Gasteiger partial charge in [0, 0.05) is 6.26 Å². The number of carboxylic acid groups (broad SMARTS) is 1. The van der Waals surface area contributed by atoms with Crippen molar-refractivity contribution >= 4 is 15.8 Å². The fourth-order valence-electron chi connectivity index (χ4n) is 0.992. The number of carbonyl (C=O) groups is 1. The Labute approximate surface area is 72.5 Å². The average Bonchev–Trinajstić information content (AvgIpc) is 1.83. The molecule has 0 saturated carbocycles. The van der Waals surface area contributed by atoms with Gasteiger partial charge in [0.25, 0.3) is 0 Å². The van der Waals surface area contributed by atoms with Crippen molar-refractivity contribution in [3.63, 3.8) is 0 Å². The van der Waals surface area contributed by atoms with Gasteiger partial charge in [0.1, 0.15) is 9.84 Å². The lowest BCUT2D eigenvalue weighted by molar-refractivity contribution is -0.141. The van der Waals surface area contributed by atoms with Gasteiger partial charge >= 0.3 is 5.97 Å². The highest BCUT2D eigenvalue weighted by Crippen LogP contribution is 2.08. The lowest BCUT2D eigenvalue weighted by atomic mass is 10.1. The Morgan fingerprint density at radius 2 is 2.00 bits per heavy atom. The van der Waals surface area contributed by atoms with Gasteiger partial charge in [-0.1, -0.05) is 13.3 Å². The minimum atomic E-state index is -3.17. The van der Waals surface area contributed by atoms with Crippen LogP contribution in [-0.4, -0.2) is 31.5 Å². The van der Waals surface area contributed by atoms with Gasteiger partial charge in [-0.15, -0.1) is 0 Å². The van der Waals surface area contributed by atoms with Gasteiger partial charge in [-0.3, -0.25) is 4.79 Å². The van der Waals surface area contributed by atoms with E-state index in [9.17, 15) is 13.2 Å². The highest BCUT2D eigenvalue weighted by atomic mass is 32.2. The lowest BCUT2D eigenvalue weighted by Gasteiger charge is -2.08. The molecule has 4 nitrogen and oxygen atoms in total. The number of sulfone groups is 1. The summed E-state index contributed by atoms with van der Waals surface area (Å²) in [4.78, 5) is 10.5. The van der Waals surface area contributed by atoms with E-state index in [0.29, 0.717) is 12.8 Å². The van der Waals surface area contributed by atoms with Gasteiger partial charge in [0.15, 0.2) is 0 Å². The number of hydrogen-bond donors (Lipinski definition) is 1. The van der Waals surface area contributed by atoms with Crippen LogP contribution in [0.25, 0.3) is 0 Å². The average molecular weight is 194 g/mol. The third kappa shape index (κ3) is 5.12. The van der Waals surface area contributed by atoms with Gasteiger partial charge in [-0.25, -0.2) is 8.42 Å². The smallest absolute Gasteiger partial charge is 0.307 e. The summed E-state index contributed by atoms with van der Waals surface area (Å²) in [6.45, 7) is 1.83. The van der Waals surface area contributed by atoms with Gasteiger partial charge in [0.2, 0.25) is 0 Å². The highest BCUT2D eigenvalue weighted by Gasteiger charge is 2.21. The first-order chi connectivity index (χ1) is 5.37. The van der Waals surface area contributed by atoms with E-state index in [1.165, 1.54) is 0 Å². The first kappa shape index (κ1) is 11.4. The van der Waals surface area contributed by atoms with Gasteiger partial charge in [-0.2, -0.15) is 0 Å². The summed E-state index contributed by atoms with van der Waals surface area (Å²) in [5.41, 5.74) is 0. The Morgan fingerprint density at radius 3 is 2.25 bits per heavy atom. The molecule has 0 rings (SSSR count). The number of hydrogen-bond acceptors (Lipinski definition) is 3. The molecule has 0 aromatic carbocycles. The Morgan fingerprint density at radius 1 is 1.50 bits per heavy atom. The molecule has 1 N–H and O–H groups in total. The second kappa shape index (κ2) is 4.45. The topological polar surface area (TPSA) is 71.4 Å². The maximum absolute atomic E-state index is 10.8. The molecule has 0 heterocycles. The van der Waals surface area contributed by atoms with Crippen molar-refractivity contribution in [3.05, 3.63) is 0 Å². The van der Waals surface area contributed by atoms with Crippen molar-refractivity contribution in [3.8, 4) is 0 Å². The highest BCUT2D eigenvalue weighted by molar-refractivity contribution is 7.90. The second-order valence-electron chi connectivity index (χ2n) is 2.92. The summed E-state index contributed by atoms with van der Waals surface area (Å²) in [6, 6.07) is 0. The van der Waals surface area contributed by atoms with Crippen LogP contribution in [-0.2, 0) is 14.6 Å². The van der Waals surface area contributed by atoms with E-state index in [0.717, 1.165) is 6.26 Å². The van der Waals surface area contributed by atoms with Crippen LogP contribution in [0.15, 0.2) is 0 Å². The zero-order valence-corrected chi connectivity index (χ0v) is 8.10. The number of aliphatic carboxylic acids is 1. The molecule has 72 valence electrons. The van der Waals surface area contributed by atoms with Crippen LogP contribution in [0.1, 0.15) is 19.8 Å². The van der Waals surface area contributed by atoms with Crippen LogP contribution in [0.4, 0.5) is 0 Å². The predicted octanol–water partition coefficient (Wildman–Crippen LogP) is 0.532. The molecular weight excluding hydrogens is 180 g/mol. The van der Waals surface area contributed by atoms with Crippen molar-refractivity contribution in [2.75, 3.05) is 12.0 Å². The molecule has 0 aliphatic carbocycles. The summed E-state index contributed by atoms with van der Waals surface area (Å²) in [5.74, 6) is -2.02. The van der Waals surface area contributed by atoms with Gasteiger partial charge in [-0.05, 0) is 6.42 Å². The van der Waals surface area contributed by atoms with Crippen LogP contribution in [0, 0.1) is 5.92 Å². The van der Waals surface area contributed by atoms with E-state index in [2.05, 4.69) is 0 Å². The molecule has 0 bridgehead atoms. The lowest BCUT2D eigenvalue weighted by Crippen LogP contribution is -2.22. The van der Waals surface area contributed by atoms with Gasteiger partial charge < -0.3 is 5.11 Å². The maximum Gasteiger partial charge on any atom is 0.307 e. The molecule has 5 heteroatoms. The molecule has 12 heavy (non-hydrogen) atoms. The molecule has 0 aliphatic rings. The van der Waals surface area contributed by atoms with E-state index >= 15 is 0 Å². The van der Waals surface area contributed by atoms with Crippen LogP contribution in [0.2, 0.25) is 0 Å². The standard InChI is InChI=1S/C7H14O4S/c1-3-4-6(7(8)9)5-12(2,10)11/h6H,3-5H2,1-2H3,(H,8,9). The molecule has 1 unspecified atom stereocenters. The number of carboxylic acids is 1. The minimum Gasteiger partial charge on any atom is -0.481 e. The minimum absolute atomic E-state index is 0.254. The van der Waals surface area contributed by atoms with Crippen molar-refractivity contribution in [2.45, 2.75) is 19.8 Å². The van der Waals surface area contributed by atoms with Gasteiger partial charge in [0.05, 0.1) is 11.7 Å². The Kier molecular flexibility index (Phi) is 4.23. The van der Waals surface area contributed by atoms with Crippen molar-refractivity contribution in [1.82, 2.24) is 0 Å². The third-order valence-corrected chi connectivity index (χ3v) is 2.50. The zero-order valence-electron chi connectivity index (χ0n) is 7.28. The third-order valence-electron chi connectivity index (χ3n) is 1.49. The second-order valence-corrected chi connectivity index (χ2v) is 5.10. The Balaban J connectivity index is 4.24. The van der Waals surface area contributed by atoms with Crippen molar-refractivity contribution in [1.29, 1.82) is 0 Å². The zero-order chi connectivity index (χ0) is 9.78. The molecule has 0 saturated heterocycles. The molecule has 0 amide bonds. The summed E-state index contributed by atoms with van der Waals surface area (Å²) in [7, 11) is -3.17. The van der Waals surface area contributed by atoms with Crippen molar-refractivity contribution in [2.24, 2.45) is 5.92 Å². The molecule has 0 aliphatic heterocycles. The summed E-state index contributed by atoms with van der Waals surface area (Å²) < 4.78 is 21.5. The fourth-order valence-corrected chi connectivity index (χ4v) is 2.03. The molecule has 0 aromatic heterocycles. The summed E-state index contributed by atoms with van der Waals surface area (Å²) in [5, 5.41) is 8.60. The predicted molar refractivity (Wildman–Crippen MR) is 45.7 cm³/mol. The largest absolute Gasteiger partial charge is 0.481 e. The fraction of sp³-hybridized carbons (Fsp3) is 0.857. The Hall–Kier alpha value is -0.580. The first-order valence-corrected chi connectivity index (χ1v) is 5.83. The van der Waals surface area contributed by atoms with Crippen LogP contribution >= 0.6 is 0 Å². The van der Waals surface area contributed by atoms with E-state index in [1.54, 1.807) is 0 Å². The van der Waals surface area contributed by atoms with Crippen molar-refractivity contribution < 1.29 is 18.3 Å². The van der Waals surface area contributed by atoms with E-state index in [1.807, 2.05) is 6.92 Å². The molecule has 0 radical (unpaired) electrons. The molecular formula is C7H14O4S. The van der Waals surface area contributed by atoms with Crippen LogP contribution in [0.5, 0.6) is 0 Å². The quantitative estimate of drug-likeness (QED) is 0.693. The van der Waals surface area contributed by atoms with Crippen LogP contribution in [0.3, 0.4) is 0 Å². The van der Waals surface area contributed by atoms with E-state index in [-0.39, 0.29) is 5.75 Å². The molecule has 0 spiro atoms. The first-order valence-electron chi connectivity index (χ1n) is 3.77. The van der Waals surface area contributed by atoms with E-state index < -0.39 is 21.7 Å².